The van der Waals surface area contributed by atoms with Crippen LogP contribution in [0.2, 0.25) is 15.8 Å². The molecule has 0 amide bonds. The fraction of sp³-hybridized carbons (Fsp3) is 1.00. The molecule has 1 saturated heterocycles. The van der Waals surface area contributed by atoms with Gasteiger partial charge in [-0.15, -0.1) is 0 Å². The maximum atomic E-state index is 2.39. The van der Waals surface area contributed by atoms with Crippen LogP contribution in [0.3, 0.4) is 0 Å². The Bertz CT molecular complexity index is 102. The summed E-state index contributed by atoms with van der Waals surface area (Å²) in [4.78, 5) is 0. The Balaban J connectivity index is 2.20. The molecule has 1 rings (SSSR count). The first-order valence-corrected chi connectivity index (χ1v) is 8.24. The summed E-state index contributed by atoms with van der Waals surface area (Å²) in [6.45, 7) is 4.79. The van der Waals surface area contributed by atoms with Crippen LogP contribution < -0.4 is 0 Å². The second kappa shape index (κ2) is 6.06. The lowest BCUT2D eigenvalue weighted by Crippen LogP contribution is -2.15. The van der Waals surface area contributed by atoms with Crippen LogP contribution in [-0.2, 0) is 0 Å². The summed E-state index contributed by atoms with van der Waals surface area (Å²) in [6, 6.07) is 0. The van der Waals surface area contributed by atoms with E-state index in [1.807, 2.05) is 0 Å². The fourth-order valence-electron chi connectivity index (χ4n) is 2.44. The zero-order chi connectivity index (χ0) is 8.81. The highest BCUT2D eigenvalue weighted by molar-refractivity contribution is 6.58. The minimum atomic E-state index is -0.258. The maximum absolute atomic E-state index is 2.39. The van der Waals surface area contributed by atoms with Gasteiger partial charge in [0, 0.05) is 0 Å². The van der Waals surface area contributed by atoms with Gasteiger partial charge < -0.3 is 0 Å². The van der Waals surface area contributed by atoms with Crippen LogP contribution in [0.4, 0.5) is 0 Å². The molecule has 1 heteroatoms. The average Bonchev–Trinajstić information content (AvgIpc) is 1.93. The zero-order valence-electron chi connectivity index (χ0n) is 8.81. The number of rotatable bonds is 2. The van der Waals surface area contributed by atoms with Gasteiger partial charge in [0.2, 0.25) is 0 Å². The lowest BCUT2D eigenvalue weighted by molar-refractivity contribution is 0.625. The normalized spacial score (nSPS) is 20.8. The largest absolute Gasteiger partial charge is 0.262 e. The van der Waals surface area contributed by atoms with Crippen molar-refractivity contribution < 1.29 is 0 Å². The summed E-state index contributed by atoms with van der Waals surface area (Å²) in [6.07, 6.45) is 7.69. The summed E-state index contributed by atoms with van der Waals surface area (Å²) in [5.74, 6) is 0.973. The molecule has 1 aliphatic heterocycles. The summed E-state index contributed by atoms with van der Waals surface area (Å²) < 4.78 is 0. The van der Waals surface area contributed by atoms with Gasteiger partial charge in [-0.25, -0.2) is 0 Å². The van der Waals surface area contributed by atoms with Gasteiger partial charge in [0.25, 0.3) is 14.1 Å². The Kier molecular flexibility index (Phi) is 5.36. The van der Waals surface area contributed by atoms with Gasteiger partial charge in [-0.2, -0.15) is 0 Å². The first-order valence-electron chi connectivity index (χ1n) is 5.79. The van der Waals surface area contributed by atoms with Crippen molar-refractivity contribution in [3.63, 3.8) is 0 Å². The van der Waals surface area contributed by atoms with E-state index >= 15 is 0 Å². The molecular formula is C11H23Al. The molecule has 12 heavy (non-hydrogen) atoms. The van der Waals surface area contributed by atoms with Gasteiger partial charge in [0.05, 0.1) is 0 Å². The minimum Gasteiger partial charge on any atom is -0.0938 e. The Hall–Kier alpha value is 0.532. The monoisotopic (exact) mass is 182 g/mol. The molecule has 0 atom stereocenters. The molecule has 0 saturated carbocycles. The molecule has 0 aromatic rings. The Morgan fingerprint density at radius 1 is 0.917 bits per heavy atom. The Morgan fingerprint density at radius 3 is 1.92 bits per heavy atom. The smallest absolute Gasteiger partial charge is 0.0938 e. The molecule has 70 valence electrons. The van der Waals surface area contributed by atoms with Crippen LogP contribution in [0.15, 0.2) is 0 Å². The molecule has 0 unspecified atom stereocenters. The van der Waals surface area contributed by atoms with Crippen molar-refractivity contribution in [2.24, 2.45) is 5.92 Å². The number of hydrogen-bond donors (Lipinski definition) is 0. The lowest BCUT2D eigenvalue weighted by Gasteiger charge is -2.16. The minimum absolute atomic E-state index is 0.258. The molecule has 0 radical (unpaired) electrons. The summed E-state index contributed by atoms with van der Waals surface area (Å²) >= 11 is -0.258. The van der Waals surface area contributed by atoms with Crippen molar-refractivity contribution >= 4 is 14.1 Å². The third-order valence-electron chi connectivity index (χ3n) is 3.03. The van der Waals surface area contributed by atoms with Gasteiger partial charge in [0.1, 0.15) is 0 Å². The summed E-state index contributed by atoms with van der Waals surface area (Å²) in [5, 5.41) is 4.91. The molecule has 0 aromatic carbocycles. The zero-order valence-corrected chi connectivity index (χ0v) is 9.97. The average molecular weight is 182 g/mol. The van der Waals surface area contributed by atoms with Crippen molar-refractivity contribution in [1.29, 1.82) is 0 Å². The van der Waals surface area contributed by atoms with Crippen molar-refractivity contribution in [2.75, 3.05) is 0 Å². The predicted octanol–water partition coefficient (Wildman–Crippen LogP) is 4.10. The van der Waals surface area contributed by atoms with Crippen molar-refractivity contribution in [3.8, 4) is 0 Å². The van der Waals surface area contributed by atoms with Crippen LogP contribution in [-0.4, -0.2) is 14.1 Å². The van der Waals surface area contributed by atoms with Crippen LogP contribution in [0.1, 0.15) is 46.0 Å². The van der Waals surface area contributed by atoms with Gasteiger partial charge >= 0.3 is 0 Å². The second-order valence-corrected chi connectivity index (χ2v) is 8.20. The molecule has 0 N–H and O–H groups in total. The molecule has 0 nitrogen and oxygen atoms in total. The maximum Gasteiger partial charge on any atom is 0.262 e. The Labute approximate surface area is 82.1 Å². The van der Waals surface area contributed by atoms with Crippen molar-refractivity contribution in [1.82, 2.24) is 0 Å². The van der Waals surface area contributed by atoms with Crippen LogP contribution in [0.25, 0.3) is 0 Å². The van der Waals surface area contributed by atoms with E-state index < -0.39 is 0 Å². The van der Waals surface area contributed by atoms with Crippen LogP contribution in [0, 0.1) is 5.92 Å². The van der Waals surface area contributed by atoms with E-state index in [2.05, 4.69) is 13.8 Å². The molecule has 0 aromatic heterocycles. The summed E-state index contributed by atoms with van der Waals surface area (Å²) in [5.41, 5.74) is 0. The summed E-state index contributed by atoms with van der Waals surface area (Å²) in [7, 11) is 0. The van der Waals surface area contributed by atoms with E-state index in [4.69, 9.17) is 0 Å². The van der Waals surface area contributed by atoms with E-state index in [0.717, 1.165) is 5.92 Å². The van der Waals surface area contributed by atoms with Crippen LogP contribution >= 0.6 is 0 Å². The van der Waals surface area contributed by atoms with E-state index in [1.54, 1.807) is 28.7 Å². The van der Waals surface area contributed by atoms with Gasteiger partial charge in [-0.3, -0.25) is 0 Å². The van der Waals surface area contributed by atoms with Crippen molar-refractivity contribution in [2.45, 2.75) is 61.8 Å². The fourth-order valence-corrected chi connectivity index (χ4v) is 6.27. The predicted molar refractivity (Wildman–Crippen MR) is 58.1 cm³/mol. The van der Waals surface area contributed by atoms with E-state index in [0.29, 0.717) is 0 Å². The van der Waals surface area contributed by atoms with E-state index in [9.17, 15) is 0 Å². The second-order valence-electron chi connectivity index (χ2n) is 4.84. The third-order valence-corrected chi connectivity index (χ3v) is 7.09. The highest BCUT2D eigenvalue weighted by atomic mass is 27.2. The third kappa shape index (κ3) is 4.53. The van der Waals surface area contributed by atoms with Gasteiger partial charge in [0.15, 0.2) is 0 Å². The Morgan fingerprint density at radius 2 is 1.42 bits per heavy atom. The highest BCUT2D eigenvalue weighted by Crippen LogP contribution is 2.22. The topological polar surface area (TPSA) is 0 Å². The first-order chi connectivity index (χ1) is 5.79. The molecule has 1 heterocycles. The van der Waals surface area contributed by atoms with E-state index in [-0.39, 0.29) is 14.1 Å². The molecule has 1 aliphatic rings. The molecule has 1 fully saturated rings. The van der Waals surface area contributed by atoms with Crippen LogP contribution in [0.5, 0.6) is 0 Å². The standard InChI is InChI=1S/C7H14.C4H9.Al/c1-3-5-7-6-4-2;1-4(2)3;/h1-7H2;4H,1H2,2-3H3;. The lowest BCUT2D eigenvalue weighted by atomic mass is 10.2. The quantitative estimate of drug-likeness (QED) is 0.564. The highest BCUT2D eigenvalue weighted by Gasteiger charge is 2.18. The van der Waals surface area contributed by atoms with Crippen molar-refractivity contribution in [3.05, 3.63) is 0 Å². The molecule has 0 spiro atoms. The van der Waals surface area contributed by atoms with Gasteiger partial charge in [-0.1, -0.05) is 67.7 Å². The molecule has 0 aliphatic carbocycles. The SMILES string of the molecule is CC(C)[CH2][Al]1[CH2]CCCCC[CH2]1. The molecule has 0 bridgehead atoms. The first kappa shape index (κ1) is 10.6. The number of hydrogen-bond acceptors (Lipinski definition) is 0. The van der Waals surface area contributed by atoms with E-state index in [1.165, 1.54) is 19.3 Å². The van der Waals surface area contributed by atoms with Gasteiger partial charge in [-0.05, 0) is 0 Å². The molecular weight excluding hydrogens is 159 g/mol.